The molecule has 2 fully saturated rings. The van der Waals surface area contributed by atoms with Crippen LogP contribution >= 0.6 is 0 Å². The number of aldehydes is 2. The smallest absolute Gasteiger partial charge is 0.412 e. The molecule has 2 rings (SSSR count). The van der Waals surface area contributed by atoms with E-state index in [1.165, 1.54) is 63.8 Å². The van der Waals surface area contributed by atoms with E-state index in [0.29, 0.717) is 19.0 Å². The van der Waals surface area contributed by atoms with Crippen LogP contribution in [0.15, 0.2) is 12.2 Å². The molecule has 0 aromatic carbocycles. The zero-order chi connectivity index (χ0) is 67.1. The molecule has 2 aliphatic heterocycles. The summed E-state index contributed by atoms with van der Waals surface area (Å²) in [6.45, 7) is 28.6. The Hall–Kier alpha value is -6.01. The average Bonchev–Trinajstić information content (AvgIpc) is 1.82. The van der Waals surface area contributed by atoms with Crippen molar-refractivity contribution in [2.45, 2.75) is 235 Å². The van der Waals surface area contributed by atoms with E-state index in [4.69, 9.17) is 4.74 Å². The van der Waals surface area contributed by atoms with Gasteiger partial charge in [-0.3, -0.25) is 63.1 Å². The Morgan fingerprint density at radius 2 is 1.18 bits per heavy atom. The summed E-state index contributed by atoms with van der Waals surface area (Å²) in [7, 11) is 6.65. The van der Waals surface area contributed by atoms with Crippen LogP contribution in [0.3, 0.4) is 0 Å². The summed E-state index contributed by atoms with van der Waals surface area (Å²) in [5, 5.41) is 32.0. The molecule has 24 nitrogen and oxygen atoms in total. The standard InChI is InChI=1S/C63H110N10O14/c1-23-24-25-42(14)53(78)52-55(80)65-50(44(16)76)59(84)67(18)33-49(77)71(22)63(35-75,32-40(10)11)66-46(29-38(6)7)57(82)68(19)48-31-43(15)73(58(48)83)62(17,34-74)87-61(86)72(27-26-36(2)3)47(30-39(8)9)54(79)64-45(28-37(4)5)56(81)69(20)51(41(12)13)60(85)70(52)21/h23-24,34-48,50-53,66,76,78H,25-33H2,1-22H3,(H,64,79)(H,65,80)/b24-23+/t42-,43?,44-,45-,46-,47?,48+,50+,51-,52+,53-,62+,63+/m1/s1. The molecule has 496 valence electrons. The highest BCUT2D eigenvalue weighted by Crippen LogP contribution is 2.33. The molecule has 2 aliphatic rings. The minimum absolute atomic E-state index is 0.0112. The molecule has 87 heavy (non-hydrogen) atoms. The van der Waals surface area contributed by atoms with E-state index in [1.807, 2.05) is 55.4 Å². The van der Waals surface area contributed by atoms with Crippen LogP contribution in [0.1, 0.15) is 163 Å². The number of carbonyl (C=O) groups excluding carboxylic acids is 11. The van der Waals surface area contributed by atoms with Crippen molar-refractivity contribution in [1.29, 1.82) is 0 Å². The third-order valence-corrected chi connectivity index (χ3v) is 16.7. The van der Waals surface area contributed by atoms with Crippen LogP contribution in [-0.2, 0) is 52.7 Å². The van der Waals surface area contributed by atoms with Gasteiger partial charge in [-0.2, -0.15) is 0 Å². The minimum atomic E-state index is -2.29. The largest absolute Gasteiger partial charge is 0.415 e. The summed E-state index contributed by atoms with van der Waals surface area (Å²) in [5.41, 5.74) is -4.20. The van der Waals surface area contributed by atoms with Gasteiger partial charge >= 0.3 is 6.09 Å². The maximum atomic E-state index is 15.2. The van der Waals surface area contributed by atoms with Crippen LogP contribution in [0.25, 0.3) is 0 Å². The third-order valence-electron chi connectivity index (χ3n) is 16.7. The third kappa shape index (κ3) is 20.0. The molecule has 2 unspecified atom stereocenters. The number of rotatable bonds is 19. The lowest BCUT2D eigenvalue weighted by Gasteiger charge is -2.43. The fourth-order valence-corrected chi connectivity index (χ4v) is 11.7. The SMILES string of the molecule is C/C=C/C[C@@H](C)[C@@H](O)[C@H]1C(=O)N[C@@H]([C@@H](C)O)C(=O)N(C)CC(=O)N(C)[C@](C=O)(CC(C)C)N[C@H](CC(C)C)C(=O)N(C)[C@H]2CC(C)N(C2=O)[C@](C)(C=O)OC(=O)N(CCC(C)C)C(CC(C)C)C(=O)N[C@H](CC(C)C)C(=O)N(C)[C@H](C(C)C)C(=O)N1C. The lowest BCUT2D eigenvalue weighted by atomic mass is 9.91. The summed E-state index contributed by atoms with van der Waals surface area (Å²) in [6.07, 6.45) is 0.748. The van der Waals surface area contributed by atoms with E-state index in [2.05, 4.69) is 16.0 Å². The van der Waals surface area contributed by atoms with Gasteiger partial charge < -0.3 is 50.1 Å². The van der Waals surface area contributed by atoms with Gasteiger partial charge in [-0.25, -0.2) is 4.79 Å². The Morgan fingerprint density at radius 1 is 0.644 bits per heavy atom. The summed E-state index contributed by atoms with van der Waals surface area (Å²) in [6, 6.07) is -10.7. The molecule has 0 spiro atoms. The van der Waals surface area contributed by atoms with Gasteiger partial charge in [-0.1, -0.05) is 102 Å². The normalized spacial score (nSPS) is 28.7. The number of hydrogen-bond donors (Lipinski definition) is 5. The van der Waals surface area contributed by atoms with Crippen LogP contribution < -0.4 is 16.0 Å². The molecule has 2 heterocycles. The first-order chi connectivity index (χ1) is 40.2. The first-order valence-electron chi connectivity index (χ1n) is 31.1. The van der Waals surface area contributed by atoms with Gasteiger partial charge in [0, 0.05) is 54.7 Å². The Bertz CT molecular complexity index is 2420. The minimum Gasteiger partial charge on any atom is -0.415 e. The van der Waals surface area contributed by atoms with E-state index in [9.17, 15) is 43.8 Å². The number of fused-ring (bicyclic) bond motifs is 2. The summed E-state index contributed by atoms with van der Waals surface area (Å²) < 4.78 is 6.13. The Labute approximate surface area is 518 Å². The summed E-state index contributed by atoms with van der Waals surface area (Å²) in [4.78, 5) is 169. The van der Waals surface area contributed by atoms with Crippen molar-refractivity contribution in [3.8, 4) is 0 Å². The van der Waals surface area contributed by atoms with Crippen LogP contribution in [0.2, 0.25) is 0 Å². The van der Waals surface area contributed by atoms with Crippen molar-refractivity contribution in [1.82, 2.24) is 50.2 Å². The van der Waals surface area contributed by atoms with Crippen molar-refractivity contribution in [2.24, 2.45) is 41.4 Å². The van der Waals surface area contributed by atoms with E-state index in [0.717, 1.165) is 19.6 Å². The number of likely N-dealkylation sites (N-methyl/N-ethyl adjacent to an activating group) is 5. The molecule has 24 heteroatoms. The van der Waals surface area contributed by atoms with Crippen LogP contribution in [0.5, 0.6) is 0 Å². The van der Waals surface area contributed by atoms with E-state index in [1.54, 1.807) is 60.6 Å². The number of amides is 9. The highest BCUT2D eigenvalue weighted by atomic mass is 16.6. The van der Waals surface area contributed by atoms with Crippen molar-refractivity contribution in [3.63, 3.8) is 0 Å². The van der Waals surface area contributed by atoms with Gasteiger partial charge in [0.25, 0.3) is 0 Å². The number of aliphatic hydroxyl groups excluding tert-OH is 2. The molecule has 0 aliphatic carbocycles. The highest BCUT2D eigenvalue weighted by Gasteiger charge is 2.53. The van der Waals surface area contributed by atoms with Gasteiger partial charge in [-0.15, -0.1) is 0 Å². The number of nitrogens with one attached hydrogen (secondary N) is 3. The first kappa shape index (κ1) is 77.1. The fraction of sp³-hybridized carbons (Fsp3) is 0.794. The molecular formula is C63H110N10O14. The molecule has 13 atom stereocenters. The summed E-state index contributed by atoms with van der Waals surface area (Å²) >= 11 is 0. The van der Waals surface area contributed by atoms with E-state index in [-0.39, 0.29) is 74.7 Å². The second-order valence-corrected chi connectivity index (χ2v) is 27.2. The molecule has 2 bridgehead atoms. The predicted molar refractivity (Wildman–Crippen MR) is 330 cm³/mol. The zero-order valence-electron chi connectivity index (χ0n) is 56.4. The molecule has 9 amide bonds. The fourth-order valence-electron chi connectivity index (χ4n) is 11.7. The molecule has 5 N–H and O–H groups in total. The second kappa shape index (κ2) is 33.5. The number of hydrogen-bond acceptors (Lipinski definition) is 15. The Balaban J connectivity index is 3.17. The van der Waals surface area contributed by atoms with Gasteiger partial charge in [-0.05, 0) is 107 Å². The zero-order valence-corrected chi connectivity index (χ0v) is 56.4. The molecule has 2 saturated heterocycles. The monoisotopic (exact) mass is 1230 g/mol. The van der Waals surface area contributed by atoms with Gasteiger partial charge in [0.05, 0.1) is 24.8 Å². The van der Waals surface area contributed by atoms with Crippen molar-refractivity contribution in [3.05, 3.63) is 12.2 Å². The predicted octanol–water partition coefficient (Wildman–Crippen LogP) is 3.79. The second-order valence-electron chi connectivity index (χ2n) is 27.2. The average molecular weight is 1230 g/mol. The maximum Gasteiger partial charge on any atom is 0.412 e. The van der Waals surface area contributed by atoms with Gasteiger partial charge in [0.15, 0.2) is 18.2 Å². The molecule has 0 saturated carbocycles. The highest BCUT2D eigenvalue weighted by molar-refractivity contribution is 5.98. The number of aliphatic hydroxyl groups is 2. The van der Waals surface area contributed by atoms with E-state index >= 15 is 19.2 Å². The molecule has 0 aromatic rings. The molecule has 0 radical (unpaired) electrons. The maximum absolute atomic E-state index is 15.2. The number of nitrogens with zero attached hydrogens (tertiary/aromatic N) is 7. The van der Waals surface area contributed by atoms with Gasteiger partial charge in [0.1, 0.15) is 36.3 Å². The summed E-state index contributed by atoms with van der Waals surface area (Å²) in [5.74, 6) is -8.75. The number of carbonyl (C=O) groups is 11. The van der Waals surface area contributed by atoms with Crippen molar-refractivity contribution >= 4 is 65.9 Å². The van der Waals surface area contributed by atoms with E-state index < -0.39 is 144 Å². The number of cyclic esters (lactones) is 1. The lowest BCUT2D eigenvalue weighted by molar-refractivity contribution is -0.166. The molecule has 0 aromatic heterocycles. The Morgan fingerprint density at radius 3 is 1.67 bits per heavy atom. The van der Waals surface area contributed by atoms with Crippen molar-refractivity contribution < 1.29 is 67.7 Å². The first-order valence-corrected chi connectivity index (χ1v) is 31.1. The van der Waals surface area contributed by atoms with Crippen LogP contribution in [0, 0.1) is 41.4 Å². The van der Waals surface area contributed by atoms with Crippen molar-refractivity contribution in [2.75, 3.05) is 48.3 Å². The Kier molecular flexibility index (Phi) is 29.7. The molecular weight excluding hydrogens is 1120 g/mol. The number of allylic oxidation sites excluding steroid dienone is 2. The van der Waals surface area contributed by atoms with Crippen LogP contribution in [0.4, 0.5) is 4.79 Å². The van der Waals surface area contributed by atoms with Gasteiger partial charge in [0.2, 0.25) is 53.0 Å². The van der Waals surface area contributed by atoms with Crippen LogP contribution in [-0.4, -0.2) is 231 Å². The quantitative estimate of drug-likeness (QED) is 0.0908. The lowest BCUT2D eigenvalue weighted by Crippen LogP contribution is -2.68. The number of ether oxygens (including phenoxy) is 1. The topological polar surface area (TPSA) is 296 Å².